The van der Waals surface area contributed by atoms with E-state index in [9.17, 15) is 24.4 Å². The summed E-state index contributed by atoms with van der Waals surface area (Å²) in [5.41, 5.74) is 7.39. The number of anilines is 1. The van der Waals surface area contributed by atoms with Gasteiger partial charge in [0.2, 0.25) is 11.8 Å². The Bertz CT molecular complexity index is 2160. The minimum atomic E-state index is -0.596. The SMILES string of the molecule is COc1cc(-c2cn(C)c(=O)c3c2CCN(O)C3)cc(OC)c1CN1CC(C(C)N2CCC3(CC2)CN(c2ccc4c(c2)C(=O)N(C2CCC(=O)NC2=O)C4)C3)C1. The van der Waals surface area contributed by atoms with Crippen molar-refractivity contribution in [1.82, 2.24) is 29.6 Å². The number of pyridine rings is 1. The molecule has 9 rings (SSSR count). The molecule has 1 aromatic heterocycles. The van der Waals surface area contributed by atoms with Crippen LogP contribution in [0.4, 0.5) is 5.69 Å². The molecule has 14 nitrogen and oxygen atoms in total. The van der Waals surface area contributed by atoms with Crippen molar-refractivity contribution >= 4 is 23.4 Å². The molecule has 0 aliphatic carbocycles. The first-order chi connectivity index (χ1) is 27.4. The maximum absolute atomic E-state index is 13.4. The molecule has 2 atom stereocenters. The highest BCUT2D eigenvalue weighted by Crippen LogP contribution is 2.45. The van der Waals surface area contributed by atoms with Crippen LogP contribution in [0.2, 0.25) is 0 Å². The molecule has 302 valence electrons. The van der Waals surface area contributed by atoms with Crippen molar-refractivity contribution < 1.29 is 29.1 Å². The number of nitrogens with zero attached hydrogens (tertiary/aromatic N) is 6. The highest BCUT2D eigenvalue weighted by atomic mass is 16.5. The summed E-state index contributed by atoms with van der Waals surface area (Å²) < 4.78 is 13.5. The number of rotatable bonds is 9. The Morgan fingerprint density at radius 3 is 2.32 bits per heavy atom. The van der Waals surface area contributed by atoms with E-state index in [1.165, 1.54) is 5.06 Å². The maximum Gasteiger partial charge on any atom is 0.255 e. The Morgan fingerprint density at radius 2 is 1.63 bits per heavy atom. The van der Waals surface area contributed by atoms with E-state index < -0.39 is 6.04 Å². The third-order valence-corrected chi connectivity index (χ3v) is 13.9. The predicted octanol–water partition coefficient (Wildman–Crippen LogP) is 3.00. The van der Waals surface area contributed by atoms with Crippen LogP contribution in [0, 0.1) is 11.3 Å². The van der Waals surface area contributed by atoms with E-state index in [-0.39, 0.29) is 36.2 Å². The standard InChI is InChI=1S/C43H53N7O7/c1-26(29-18-46(19-29)22-35-37(56-3)15-28(16-38(35)57-4)33-21-45(2)41(53)34-23-49(55)12-9-31(33)34)47-13-10-43(11-14-47)24-48(25-43)30-6-5-27-20-50(42(54)32(27)17-30)36-7-8-39(51)44-40(36)52/h5-6,15-17,21,26,29,36,55H,7-14,18-20,22-25H2,1-4H3,(H,44,51,52). The number of hydrogen-bond acceptors (Lipinski definition) is 11. The van der Waals surface area contributed by atoms with Gasteiger partial charge in [-0.15, -0.1) is 0 Å². The predicted molar refractivity (Wildman–Crippen MR) is 212 cm³/mol. The molecule has 14 heteroatoms. The summed E-state index contributed by atoms with van der Waals surface area (Å²) in [6, 6.07) is 10.1. The molecule has 1 spiro atoms. The minimum Gasteiger partial charge on any atom is -0.496 e. The van der Waals surface area contributed by atoms with Gasteiger partial charge < -0.3 is 33.9 Å². The first kappa shape index (κ1) is 37.8. The molecule has 2 N–H and O–H groups in total. The molecule has 2 aromatic carbocycles. The number of benzene rings is 2. The van der Waals surface area contributed by atoms with Crippen molar-refractivity contribution in [2.24, 2.45) is 18.4 Å². The molecule has 0 saturated carbocycles. The number of carbonyl (C=O) groups is 3. The summed E-state index contributed by atoms with van der Waals surface area (Å²) in [6.07, 6.45) is 5.41. The smallest absolute Gasteiger partial charge is 0.255 e. The third kappa shape index (κ3) is 6.69. The third-order valence-electron chi connectivity index (χ3n) is 13.9. The second kappa shape index (κ2) is 14.6. The fourth-order valence-corrected chi connectivity index (χ4v) is 10.3. The number of fused-ring (bicyclic) bond motifs is 2. The van der Waals surface area contributed by atoms with Gasteiger partial charge in [0, 0.05) is 99.3 Å². The van der Waals surface area contributed by atoms with E-state index in [2.05, 4.69) is 45.1 Å². The lowest BCUT2D eigenvalue weighted by Crippen LogP contribution is -2.63. The van der Waals surface area contributed by atoms with E-state index in [1.54, 1.807) is 30.7 Å². The zero-order valence-electron chi connectivity index (χ0n) is 33.4. The van der Waals surface area contributed by atoms with Crippen molar-refractivity contribution in [3.63, 3.8) is 0 Å². The number of aromatic nitrogens is 1. The Labute approximate surface area is 332 Å². The first-order valence-corrected chi connectivity index (χ1v) is 20.3. The number of likely N-dealkylation sites (tertiary alicyclic amines) is 2. The molecule has 7 heterocycles. The van der Waals surface area contributed by atoms with Crippen LogP contribution < -0.4 is 25.2 Å². The minimum absolute atomic E-state index is 0.0855. The Balaban J connectivity index is 0.785. The highest BCUT2D eigenvalue weighted by molar-refractivity contribution is 6.05. The summed E-state index contributed by atoms with van der Waals surface area (Å²) in [4.78, 5) is 59.6. The van der Waals surface area contributed by atoms with E-state index in [0.717, 1.165) is 104 Å². The molecule has 57 heavy (non-hydrogen) atoms. The largest absolute Gasteiger partial charge is 0.496 e. The molecule has 6 aliphatic rings. The Kier molecular flexibility index (Phi) is 9.66. The molecule has 2 unspecified atom stereocenters. The zero-order chi connectivity index (χ0) is 39.7. The molecule has 4 saturated heterocycles. The van der Waals surface area contributed by atoms with Crippen LogP contribution in [-0.2, 0) is 42.7 Å². The van der Waals surface area contributed by atoms with Gasteiger partial charge in [-0.05, 0) is 92.6 Å². The van der Waals surface area contributed by atoms with Gasteiger partial charge >= 0.3 is 0 Å². The second-order valence-corrected chi connectivity index (χ2v) is 17.2. The summed E-state index contributed by atoms with van der Waals surface area (Å²) in [7, 11) is 5.14. The normalized spacial score (nSPS) is 23.2. The number of methoxy groups -OCH3 is 2. The van der Waals surface area contributed by atoms with Crippen LogP contribution in [0.15, 0.2) is 41.3 Å². The van der Waals surface area contributed by atoms with Crippen molar-refractivity contribution in [3.05, 3.63) is 74.7 Å². The van der Waals surface area contributed by atoms with E-state index >= 15 is 0 Å². The number of aryl methyl sites for hydroxylation is 1. The molecule has 0 bridgehead atoms. The second-order valence-electron chi connectivity index (χ2n) is 17.2. The summed E-state index contributed by atoms with van der Waals surface area (Å²) in [6.45, 7) is 10.4. The lowest BCUT2D eigenvalue weighted by Gasteiger charge is -2.56. The van der Waals surface area contributed by atoms with Crippen LogP contribution in [-0.4, -0.2) is 119 Å². The fraction of sp³-hybridized carbons (Fsp3) is 0.535. The van der Waals surface area contributed by atoms with Gasteiger partial charge in [-0.1, -0.05) is 6.07 Å². The number of hydrogen-bond donors (Lipinski definition) is 2. The Morgan fingerprint density at radius 1 is 0.912 bits per heavy atom. The molecule has 3 amide bonds. The summed E-state index contributed by atoms with van der Waals surface area (Å²) in [5.74, 6) is 1.33. The lowest BCUT2D eigenvalue weighted by atomic mass is 9.71. The lowest BCUT2D eigenvalue weighted by molar-refractivity contribution is -0.136. The fourth-order valence-electron chi connectivity index (χ4n) is 10.3. The van der Waals surface area contributed by atoms with Gasteiger partial charge in [0.25, 0.3) is 11.5 Å². The van der Waals surface area contributed by atoms with Gasteiger partial charge in [-0.2, -0.15) is 5.06 Å². The molecule has 3 aromatic rings. The molecule has 4 fully saturated rings. The van der Waals surface area contributed by atoms with Gasteiger partial charge in [-0.3, -0.25) is 29.4 Å². The van der Waals surface area contributed by atoms with Crippen LogP contribution in [0.3, 0.4) is 0 Å². The summed E-state index contributed by atoms with van der Waals surface area (Å²) in [5, 5.41) is 13.7. The number of piperidine rings is 2. The van der Waals surface area contributed by atoms with Crippen LogP contribution in [0.5, 0.6) is 11.5 Å². The molecular weight excluding hydrogens is 727 g/mol. The monoisotopic (exact) mass is 779 g/mol. The average Bonchev–Trinajstić information content (AvgIpc) is 3.50. The maximum atomic E-state index is 13.4. The number of nitrogens with one attached hydrogen (secondary N) is 1. The van der Waals surface area contributed by atoms with Crippen LogP contribution in [0.1, 0.15) is 65.2 Å². The van der Waals surface area contributed by atoms with Crippen molar-refractivity contribution in [1.29, 1.82) is 0 Å². The molecule has 6 aliphatic heterocycles. The van der Waals surface area contributed by atoms with Crippen molar-refractivity contribution in [2.75, 3.05) is 64.9 Å². The average molecular weight is 780 g/mol. The number of hydroxylamine groups is 2. The molecular formula is C43H53N7O7. The highest BCUT2D eigenvalue weighted by Gasteiger charge is 2.47. The van der Waals surface area contributed by atoms with E-state index in [1.807, 2.05) is 18.3 Å². The van der Waals surface area contributed by atoms with Gasteiger partial charge in [0.1, 0.15) is 17.5 Å². The Hall–Kier alpha value is -4.76. The number of ether oxygens (including phenoxy) is 2. The topological polar surface area (TPSA) is 140 Å². The molecule has 0 radical (unpaired) electrons. The summed E-state index contributed by atoms with van der Waals surface area (Å²) >= 11 is 0. The quantitative estimate of drug-likeness (QED) is 0.310. The van der Waals surface area contributed by atoms with Crippen LogP contribution >= 0.6 is 0 Å². The van der Waals surface area contributed by atoms with Crippen LogP contribution in [0.25, 0.3) is 11.1 Å². The van der Waals surface area contributed by atoms with Crippen molar-refractivity contribution in [3.8, 4) is 22.6 Å². The number of amides is 3. The first-order valence-electron chi connectivity index (χ1n) is 20.3. The van der Waals surface area contributed by atoms with Gasteiger partial charge in [0.15, 0.2) is 0 Å². The van der Waals surface area contributed by atoms with Gasteiger partial charge in [-0.25, -0.2) is 0 Å². The van der Waals surface area contributed by atoms with E-state index in [0.29, 0.717) is 54.4 Å². The van der Waals surface area contributed by atoms with Crippen molar-refractivity contribution in [2.45, 2.75) is 70.7 Å². The zero-order valence-corrected chi connectivity index (χ0v) is 33.4. The van der Waals surface area contributed by atoms with E-state index in [4.69, 9.17) is 9.47 Å². The van der Waals surface area contributed by atoms with Gasteiger partial charge in [0.05, 0.1) is 26.3 Å². The number of imide groups is 1. The number of carbonyl (C=O) groups excluding carboxylic acids is 3.